The maximum absolute atomic E-state index is 12.1. The van der Waals surface area contributed by atoms with Crippen LogP contribution >= 0.6 is 46.3 Å². The monoisotopic (exact) mass is 348 g/mol. The summed E-state index contributed by atoms with van der Waals surface area (Å²) in [5, 5.41) is 11.0. The molecular formula is C11H10Cl2N4OS2. The second-order valence-electron chi connectivity index (χ2n) is 3.76. The van der Waals surface area contributed by atoms with Crippen LogP contribution in [0.3, 0.4) is 0 Å². The van der Waals surface area contributed by atoms with Crippen molar-refractivity contribution in [1.29, 1.82) is 0 Å². The SMILES string of the molecule is CC(Sc1nnc(N)s1)C(=O)Nc1cccc(Cl)c1Cl. The van der Waals surface area contributed by atoms with Crippen LogP contribution in [-0.2, 0) is 4.79 Å². The lowest BCUT2D eigenvalue weighted by Crippen LogP contribution is -2.22. The number of thioether (sulfide) groups is 1. The molecule has 5 nitrogen and oxygen atoms in total. The topological polar surface area (TPSA) is 80.9 Å². The van der Waals surface area contributed by atoms with E-state index in [0.29, 0.717) is 25.2 Å². The molecule has 0 aliphatic heterocycles. The number of halogens is 2. The molecule has 106 valence electrons. The van der Waals surface area contributed by atoms with E-state index in [9.17, 15) is 4.79 Å². The van der Waals surface area contributed by atoms with Crippen molar-refractivity contribution in [3.63, 3.8) is 0 Å². The summed E-state index contributed by atoms with van der Waals surface area (Å²) in [6.45, 7) is 1.76. The van der Waals surface area contributed by atoms with E-state index < -0.39 is 0 Å². The molecule has 0 spiro atoms. The summed E-state index contributed by atoms with van der Waals surface area (Å²) in [5.41, 5.74) is 5.97. The van der Waals surface area contributed by atoms with E-state index in [4.69, 9.17) is 28.9 Å². The third-order valence-corrected chi connectivity index (χ3v) is 5.03. The first-order valence-corrected chi connectivity index (χ1v) is 7.93. The summed E-state index contributed by atoms with van der Waals surface area (Å²) in [4.78, 5) is 12.1. The molecule has 0 aliphatic carbocycles. The molecular weight excluding hydrogens is 339 g/mol. The summed E-state index contributed by atoms with van der Waals surface area (Å²) in [7, 11) is 0. The van der Waals surface area contributed by atoms with Crippen LogP contribution in [0.1, 0.15) is 6.92 Å². The van der Waals surface area contributed by atoms with Crippen molar-refractivity contribution in [2.45, 2.75) is 16.5 Å². The number of nitrogens with one attached hydrogen (secondary N) is 1. The Morgan fingerprint density at radius 3 is 2.85 bits per heavy atom. The zero-order valence-corrected chi connectivity index (χ0v) is 13.4. The number of nitrogen functional groups attached to an aromatic ring is 1. The summed E-state index contributed by atoms with van der Waals surface area (Å²) in [5.74, 6) is -0.201. The third kappa shape index (κ3) is 3.76. The molecule has 1 atom stereocenters. The highest BCUT2D eigenvalue weighted by Crippen LogP contribution is 2.31. The molecule has 1 heterocycles. The highest BCUT2D eigenvalue weighted by molar-refractivity contribution is 8.02. The standard InChI is InChI=1S/C11H10Cl2N4OS2/c1-5(19-11-17-16-10(14)20-11)9(18)15-7-4-2-3-6(12)8(7)13/h2-5H,1H3,(H2,14,16)(H,15,18). The van der Waals surface area contributed by atoms with Gasteiger partial charge in [0.25, 0.3) is 0 Å². The minimum atomic E-state index is -0.364. The van der Waals surface area contributed by atoms with Crippen molar-refractivity contribution in [2.75, 3.05) is 11.1 Å². The van der Waals surface area contributed by atoms with Crippen LogP contribution in [0.25, 0.3) is 0 Å². The van der Waals surface area contributed by atoms with Crippen LogP contribution in [0.2, 0.25) is 10.0 Å². The number of hydrogen-bond donors (Lipinski definition) is 2. The molecule has 1 unspecified atom stereocenters. The third-order valence-electron chi connectivity index (χ3n) is 2.28. The van der Waals surface area contributed by atoms with Crippen LogP contribution in [0, 0.1) is 0 Å². The van der Waals surface area contributed by atoms with Crippen LogP contribution in [0.15, 0.2) is 22.5 Å². The molecule has 0 fully saturated rings. The molecule has 2 rings (SSSR count). The van der Waals surface area contributed by atoms with Crippen molar-refractivity contribution in [3.8, 4) is 0 Å². The lowest BCUT2D eigenvalue weighted by molar-refractivity contribution is -0.115. The van der Waals surface area contributed by atoms with Gasteiger partial charge in [-0.15, -0.1) is 10.2 Å². The summed E-state index contributed by atoms with van der Waals surface area (Å²) in [6, 6.07) is 5.06. The number of aromatic nitrogens is 2. The van der Waals surface area contributed by atoms with Gasteiger partial charge in [-0.25, -0.2) is 0 Å². The molecule has 0 saturated carbocycles. The number of nitrogens with two attached hydrogens (primary N) is 1. The Bertz CT molecular complexity index is 635. The van der Waals surface area contributed by atoms with Gasteiger partial charge in [0.15, 0.2) is 4.34 Å². The lowest BCUT2D eigenvalue weighted by Gasteiger charge is -2.11. The van der Waals surface area contributed by atoms with Gasteiger partial charge in [0, 0.05) is 0 Å². The minimum Gasteiger partial charge on any atom is -0.374 e. The number of amides is 1. The molecule has 9 heteroatoms. The Morgan fingerprint density at radius 2 is 2.20 bits per heavy atom. The van der Waals surface area contributed by atoms with Crippen molar-refractivity contribution < 1.29 is 4.79 Å². The van der Waals surface area contributed by atoms with E-state index >= 15 is 0 Å². The average molecular weight is 349 g/mol. The van der Waals surface area contributed by atoms with E-state index in [1.165, 1.54) is 23.1 Å². The first-order chi connectivity index (χ1) is 9.47. The predicted molar refractivity (Wildman–Crippen MR) is 84.7 cm³/mol. The fraction of sp³-hybridized carbons (Fsp3) is 0.182. The molecule has 0 radical (unpaired) electrons. The van der Waals surface area contributed by atoms with E-state index in [-0.39, 0.29) is 11.2 Å². The molecule has 2 aromatic rings. The smallest absolute Gasteiger partial charge is 0.237 e. The minimum absolute atomic E-state index is 0.201. The number of rotatable bonds is 4. The maximum Gasteiger partial charge on any atom is 0.237 e. The van der Waals surface area contributed by atoms with Crippen molar-refractivity contribution >= 4 is 63.0 Å². The van der Waals surface area contributed by atoms with E-state index in [0.717, 1.165) is 0 Å². The predicted octanol–water partition coefficient (Wildman–Crippen LogP) is 3.55. The van der Waals surface area contributed by atoms with Gasteiger partial charge in [0.1, 0.15) is 0 Å². The Balaban J connectivity index is 2.02. The zero-order valence-electron chi connectivity index (χ0n) is 10.3. The number of carbonyl (C=O) groups excluding carboxylic acids is 1. The van der Waals surface area contributed by atoms with Gasteiger partial charge < -0.3 is 11.1 Å². The van der Waals surface area contributed by atoms with Gasteiger partial charge in [0.2, 0.25) is 11.0 Å². The second-order valence-corrected chi connectivity index (χ2v) is 7.14. The second kappa shape index (κ2) is 6.62. The Hall–Kier alpha value is -1.02. The fourth-order valence-corrected chi connectivity index (χ4v) is 3.44. The van der Waals surface area contributed by atoms with E-state index in [1.807, 2.05) is 0 Å². The van der Waals surface area contributed by atoms with Crippen LogP contribution in [-0.4, -0.2) is 21.4 Å². The Morgan fingerprint density at radius 1 is 1.45 bits per heavy atom. The molecule has 1 aromatic heterocycles. The van der Waals surface area contributed by atoms with Crippen LogP contribution in [0.4, 0.5) is 10.8 Å². The number of carbonyl (C=O) groups is 1. The molecule has 1 aromatic carbocycles. The summed E-state index contributed by atoms with van der Waals surface area (Å²) in [6.07, 6.45) is 0. The number of hydrogen-bond acceptors (Lipinski definition) is 6. The molecule has 0 bridgehead atoms. The molecule has 1 amide bonds. The zero-order chi connectivity index (χ0) is 14.7. The van der Waals surface area contributed by atoms with Gasteiger partial charge in [0.05, 0.1) is 21.0 Å². The van der Waals surface area contributed by atoms with Gasteiger partial charge in [-0.2, -0.15) is 0 Å². The summed E-state index contributed by atoms with van der Waals surface area (Å²) >= 11 is 14.4. The molecule has 0 saturated heterocycles. The van der Waals surface area contributed by atoms with Crippen LogP contribution < -0.4 is 11.1 Å². The average Bonchev–Trinajstić information content (AvgIpc) is 2.80. The normalized spacial score (nSPS) is 12.2. The maximum atomic E-state index is 12.1. The Kier molecular flexibility index (Phi) is 5.09. The van der Waals surface area contributed by atoms with Gasteiger partial charge >= 0.3 is 0 Å². The highest BCUT2D eigenvalue weighted by atomic mass is 35.5. The first-order valence-electron chi connectivity index (χ1n) is 5.48. The first kappa shape index (κ1) is 15.4. The highest BCUT2D eigenvalue weighted by Gasteiger charge is 2.18. The molecule has 0 aliphatic rings. The number of anilines is 2. The van der Waals surface area contributed by atoms with Crippen molar-refractivity contribution in [3.05, 3.63) is 28.2 Å². The molecule has 3 N–H and O–H groups in total. The van der Waals surface area contributed by atoms with E-state index in [2.05, 4.69) is 15.5 Å². The number of benzene rings is 1. The summed E-state index contributed by atoms with van der Waals surface area (Å²) < 4.78 is 0.641. The fourth-order valence-electron chi connectivity index (χ4n) is 1.31. The van der Waals surface area contributed by atoms with Gasteiger partial charge in [-0.3, -0.25) is 4.79 Å². The van der Waals surface area contributed by atoms with Crippen molar-refractivity contribution in [1.82, 2.24) is 10.2 Å². The number of nitrogens with zero attached hydrogens (tertiary/aromatic N) is 2. The Labute approximate surface area is 133 Å². The van der Waals surface area contributed by atoms with Gasteiger partial charge in [-0.05, 0) is 19.1 Å². The van der Waals surface area contributed by atoms with Crippen molar-refractivity contribution in [2.24, 2.45) is 0 Å². The van der Waals surface area contributed by atoms with Crippen LogP contribution in [0.5, 0.6) is 0 Å². The van der Waals surface area contributed by atoms with Gasteiger partial charge in [-0.1, -0.05) is 52.4 Å². The molecule has 20 heavy (non-hydrogen) atoms. The lowest BCUT2D eigenvalue weighted by atomic mass is 10.3. The quantitative estimate of drug-likeness (QED) is 0.825. The van der Waals surface area contributed by atoms with E-state index in [1.54, 1.807) is 25.1 Å². The largest absolute Gasteiger partial charge is 0.374 e.